The third kappa shape index (κ3) is 6.11. The second-order valence-electron chi connectivity index (χ2n) is 8.48. The minimum absolute atomic E-state index is 0.0395. The number of benzene rings is 2. The van der Waals surface area contributed by atoms with E-state index in [9.17, 15) is 9.59 Å². The third-order valence-electron chi connectivity index (χ3n) is 5.83. The zero-order valence-electron chi connectivity index (χ0n) is 18.9. The van der Waals surface area contributed by atoms with Gasteiger partial charge < -0.3 is 10.6 Å². The van der Waals surface area contributed by atoms with Crippen molar-refractivity contribution in [3.05, 3.63) is 64.7 Å². The van der Waals surface area contributed by atoms with Crippen LogP contribution in [0.4, 0.5) is 5.69 Å². The molecule has 1 heterocycles. The summed E-state index contributed by atoms with van der Waals surface area (Å²) in [4.78, 5) is 28.4. The molecule has 1 unspecified atom stereocenters. The van der Waals surface area contributed by atoms with E-state index >= 15 is 0 Å². The molecule has 5 nitrogen and oxygen atoms in total. The fourth-order valence-electron chi connectivity index (χ4n) is 3.78. The molecule has 6 heteroatoms. The number of rotatable bonds is 7. The van der Waals surface area contributed by atoms with Crippen molar-refractivity contribution in [1.29, 1.82) is 0 Å². The van der Waals surface area contributed by atoms with Crippen LogP contribution in [0.15, 0.2) is 42.5 Å². The summed E-state index contributed by atoms with van der Waals surface area (Å²) in [6, 6.07) is 12.9. The third-order valence-corrected chi connectivity index (χ3v) is 6.77. The van der Waals surface area contributed by atoms with Crippen molar-refractivity contribution in [3.8, 4) is 0 Å². The number of carbonyl (C=O) groups is 2. The van der Waals surface area contributed by atoms with Crippen molar-refractivity contribution in [2.24, 2.45) is 5.92 Å². The average molecular weight is 440 g/mol. The Bertz CT molecular complexity index is 923. The van der Waals surface area contributed by atoms with Crippen LogP contribution in [-0.4, -0.2) is 47.4 Å². The Morgan fingerprint density at radius 1 is 1.03 bits per heavy atom. The fourth-order valence-corrected chi connectivity index (χ4v) is 4.76. The highest BCUT2D eigenvalue weighted by Crippen LogP contribution is 2.22. The summed E-state index contributed by atoms with van der Waals surface area (Å²) in [5.41, 5.74) is 4.61. The molecule has 2 aromatic rings. The van der Waals surface area contributed by atoms with Crippen molar-refractivity contribution in [2.75, 3.05) is 29.9 Å². The minimum Gasteiger partial charge on any atom is -0.340 e. The summed E-state index contributed by atoms with van der Waals surface area (Å²) in [5.74, 6) is 1.90. The molecular formula is C25H33N3O2S. The molecule has 2 aromatic carbocycles. The highest BCUT2D eigenvalue weighted by Gasteiger charge is 2.26. The first-order valence-electron chi connectivity index (χ1n) is 10.9. The topological polar surface area (TPSA) is 61.4 Å². The maximum Gasteiger partial charge on any atom is 0.252 e. The summed E-state index contributed by atoms with van der Waals surface area (Å²) in [5, 5.41) is 6.00. The van der Waals surface area contributed by atoms with Gasteiger partial charge in [0, 0.05) is 42.4 Å². The Kier molecular flexibility index (Phi) is 8.15. The fraction of sp³-hybridized carbons (Fsp3) is 0.440. The number of amides is 2. The van der Waals surface area contributed by atoms with E-state index < -0.39 is 6.04 Å². The molecule has 0 aliphatic carbocycles. The van der Waals surface area contributed by atoms with Crippen LogP contribution in [0.3, 0.4) is 0 Å². The maximum absolute atomic E-state index is 13.1. The van der Waals surface area contributed by atoms with Gasteiger partial charge >= 0.3 is 0 Å². The Balaban J connectivity index is 1.71. The van der Waals surface area contributed by atoms with E-state index in [4.69, 9.17) is 0 Å². The number of thioether (sulfide) groups is 1. The lowest BCUT2D eigenvalue weighted by Crippen LogP contribution is -2.47. The van der Waals surface area contributed by atoms with Crippen LogP contribution in [-0.2, 0) is 11.3 Å². The van der Waals surface area contributed by atoms with Crippen LogP contribution >= 0.6 is 11.8 Å². The lowest BCUT2D eigenvalue weighted by atomic mass is 10.0. The van der Waals surface area contributed by atoms with Gasteiger partial charge in [-0.2, -0.15) is 11.8 Å². The van der Waals surface area contributed by atoms with Crippen molar-refractivity contribution in [2.45, 2.75) is 40.3 Å². The molecule has 31 heavy (non-hydrogen) atoms. The number of hydrogen-bond acceptors (Lipinski definition) is 4. The summed E-state index contributed by atoms with van der Waals surface area (Å²) in [6.45, 7) is 10.9. The Labute approximate surface area is 190 Å². The van der Waals surface area contributed by atoms with E-state index in [0.29, 0.717) is 5.56 Å². The van der Waals surface area contributed by atoms with Crippen molar-refractivity contribution < 1.29 is 9.59 Å². The Morgan fingerprint density at radius 3 is 2.42 bits per heavy atom. The van der Waals surface area contributed by atoms with Crippen LogP contribution in [0.25, 0.3) is 0 Å². The monoisotopic (exact) mass is 439 g/mol. The zero-order chi connectivity index (χ0) is 22.4. The lowest BCUT2D eigenvalue weighted by molar-refractivity contribution is -0.118. The van der Waals surface area contributed by atoms with Crippen molar-refractivity contribution >= 4 is 29.3 Å². The highest BCUT2D eigenvalue weighted by molar-refractivity contribution is 7.99. The van der Waals surface area contributed by atoms with Crippen molar-refractivity contribution in [3.63, 3.8) is 0 Å². The number of aryl methyl sites for hydroxylation is 1. The van der Waals surface area contributed by atoms with Crippen LogP contribution in [0.1, 0.15) is 40.9 Å². The first-order chi connectivity index (χ1) is 14.9. The molecule has 1 aliphatic rings. The second-order valence-corrected chi connectivity index (χ2v) is 9.70. The van der Waals surface area contributed by atoms with E-state index in [1.165, 1.54) is 17.1 Å². The van der Waals surface area contributed by atoms with Crippen LogP contribution < -0.4 is 10.6 Å². The minimum atomic E-state index is -0.616. The second kappa shape index (κ2) is 10.8. The number of carbonyl (C=O) groups excluding carboxylic acids is 2. The predicted molar refractivity (Wildman–Crippen MR) is 130 cm³/mol. The van der Waals surface area contributed by atoms with Crippen molar-refractivity contribution in [1.82, 2.24) is 10.2 Å². The van der Waals surface area contributed by atoms with Gasteiger partial charge in [0.15, 0.2) is 0 Å². The van der Waals surface area contributed by atoms with Gasteiger partial charge in [0.1, 0.15) is 6.04 Å². The summed E-state index contributed by atoms with van der Waals surface area (Å²) in [7, 11) is 0. The van der Waals surface area contributed by atoms with E-state index in [0.717, 1.165) is 36.4 Å². The standard InChI is InChI=1S/C25H33N3O2S/c1-17(2)23(27-24(29)21-10-6-5-8-18(21)3)25(30)26-22-11-7-9-20(19(22)4)16-28-12-14-31-15-13-28/h5-11,17,23H,12-16H2,1-4H3,(H,26,30)(H,27,29). The van der Waals surface area contributed by atoms with Gasteiger partial charge in [-0.3, -0.25) is 14.5 Å². The molecule has 1 atom stereocenters. The van der Waals surface area contributed by atoms with Crippen LogP contribution in [0.5, 0.6) is 0 Å². The summed E-state index contributed by atoms with van der Waals surface area (Å²) < 4.78 is 0. The number of anilines is 1. The van der Waals surface area contributed by atoms with Gasteiger partial charge in [0.05, 0.1) is 0 Å². The van der Waals surface area contributed by atoms with Gasteiger partial charge in [-0.25, -0.2) is 0 Å². The molecular weight excluding hydrogens is 406 g/mol. The van der Waals surface area contributed by atoms with Gasteiger partial charge in [0.25, 0.3) is 5.91 Å². The Hall–Kier alpha value is -2.31. The number of nitrogens with zero attached hydrogens (tertiary/aromatic N) is 1. The lowest BCUT2D eigenvalue weighted by Gasteiger charge is -2.27. The smallest absolute Gasteiger partial charge is 0.252 e. The van der Waals surface area contributed by atoms with E-state index in [-0.39, 0.29) is 17.7 Å². The van der Waals surface area contributed by atoms with Gasteiger partial charge in [-0.1, -0.05) is 44.2 Å². The molecule has 0 bridgehead atoms. The maximum atomic E-state index is 13.1. The molecule has 0 aromatic heterocycles. The largest absolute Gasteiger partial charge is 0.340 e. The Morgan fingerprint density at radius 2 is 1.74 bits per heavy atom. The molecule has 1 saturated heterocycles. The van der Waals surface area contributed by atoms with Gasteiger partial charge in [-0.15, -0.1) is 0 Å². The van der Waals surface area contributed by atoms with Crippen LogP contribution in [0.2, 0.25) is 0 Å². The van der Waals surface area contributed by atoms with Crippen LogP contribution in [0, 0.1) is 19.8 Å². The molecule has 1 fully saturated rings. The van der Waals surface area contributed by atoms with Gasteiger partial charge in [-0.05, 0) is 48.6 Å². The quantitative estimate of drug-likeness (QED) is 0.677. The molecule has 2 amide bonds. The average Bonchev–Trinajstić information content (AvgIpc) is 2.75. The summed E-state index contributed by atoms with van der Waals surface area (Å²) in [6.07, 6.45) is 0. The first-order valence-corrected chi connectivity index (χ1v) is 12.1. The SMILES string of the molecule is Cc1ccccc1C(=O)NC(C(=O)Nc1cccc(CN2CCSCC2)c1C)C(C)C. The first kappa shape index (κ1) is 23.4. The van der Waals surface area contributed by atoms with E-state index in [1.807, 2.05) is 62.9 Å². The number of nitrogens with one attached hydrogen (secondary N) is 2. The normalized spacial score (nSPS) is 15.5. The molecule has 0 radical (unpaired) electrons. The van der Waals surface area contributed by atoms with Gasteiger partial charge in [0.2, 0.25) is 5.91 Å². The zero-order valence-corrected chi connectivity index (χ0v) is 19.7. The highest BCUT2D eigenvalue weighted by atomic mass is 32.2. The molecule has 0 saturated carbocycles. The van der Waals surface area contributed by atoms with E-state index in [2.05, 4.69) is 28.5 Å². The molecule has 2 N–H and O–H groups in total. The predicted octanol–water partition coefficient (Wildman–Crippen LogP) is 4.25. The molecule has 166 valence electrons. The van der Waals surface area contributed by atoms with E-state index in [1.54, 1.807) is 6.07 Å². The molecule has 3 rings (SSSR count). The number of hydrogen-bond donors (Lipinski definition) is 2. The summed E-state index contributed by atoms with van der Waals surface area (Å²) >= 11 is 2.00. The molecule has 1 aliphatic heterocycles. The molecule has 0 spiro atoms.